The van der Waals surface area contributed by atoms with Crippen molar-refractivity contribution in [2.75, 3.05) is 6.54 Å². The van der Waals surface area contributed by atoms with Gasteiger partial charge in [-0.3, -0.25) is 9.59 Å². The molecule has 0 bridgehead atoms. The van der Waals surface area contributed by atoms with Crippen LogP contribution in [0.1, 0.15) is 47.2 Å². The number of halogens is 4. The molecule has 34 heavy (non-hydrogen) atoms. The van der Waals surface area contributed by atoms with Gasteiger partial charge in [-0.1, -0.05) is 12.1 Å². The van der Waals surface area contributed by atoms with Crippen molar-refractivity contribution < 1.29 is 27.5 Å². The minimum atomic E-state index is -1.93. The van der Waals surface area contributed by atoms with E-state index in [4.69, 9.17) is 0 Å². The first-order valence-corrected chi connectivity index (χ1v) is 10.7. The number of rotatable bonds is 4. The Balaban J connectivity index is 1.42. The molecule has 1 saturated carbocycles. The monoisotopic (exact) mass is 473 g/mol. The van der Waals surface area contributed by atoms with E-state index >= 15 is 0 Å². The molecule has 1 amide bonds. The average molecular weight is 473 g/mol. The van der Waals surface area contributed by atoms with Gasteiger partial charge in [0.25, 0.3) is 11.5 Å². The zero-order valence-corrected chi connectivity index (χ0v) is 17.7. The first kappa shape index (κ1) is 22.3. The quantitative estimate of drug-likeness (QED) is 0.571. The number of hydrogen-bond acceptors (Lipinski definition) is 4. The van der Waals surface area contributed by atoms with Crippen LogP contribution in [-0.4, -0.2) is 32.4 Å². The van der Waals surface area contributed by atoms with Gasteiger partial charge in [-0.2, -0.15) is 0 Å². The van der Waals surface area contributed by atoms with Crippen molar-refractivity contribution in [3.05, 3.63) is 98.2 Å². The fourth-order valence-electron chi connectivity index (χ4n) is 4.49. The summed E-state index contributed by atoms with van der Waals surface area (Å²) in [7, 11) is 0. The van der Waals surface area contributed by atoms with Gasteiger partial charge >= 0.3 is 0 Å². The molecule has 2 heterocycles. The molecule has 1 aliphatic heterocycles. The number of fused-ring (bicyclic) bond motifs is 1. The number of aromatic amines is 1. The number of nitrogens with zero attached hydrogens (tertiary/aromatic N) is 2. The van der Waals surface area contributed by atoms with Crippen LogP contribution < -0.4 is 5.56 Å². The highest BCUT2D eigenvalue weighted by Gasteiger charge is 2.49. The lowest BCUT2D eigenvalue weighted by molar-refractivity contribution is -0.141. The summed E-state index contributed by atoms with van der Waals surface area (Å²) < 4.78 is 55.1. The molecule has 1 aliphatic carbocycles. The normalized spacial score (nSPS) is 17.3. The molecule has 2 aliphatic rings. The second-order valence-corrected chi connectivity index (χ2v) is 8.64. The van der Waals surface area contributed by atoms with E-state index < -0.39 is 51.8 Å². The third-order valence-electron chi connectivity index (χ3n) is 6.51. The predicted molar refractivity (Wildman–Crippen MR) is 112 cm³/mol. The lowest BCUT2D eigenvalue weighted by Crippen LogP contribution is -2.42. The molecule has 5 rings (SSSR count). The Hall–Kier alpha value is -3.53. The number of aromatic nitrogens is 2. The SMILES string of the molecule is O=C([C@H](O)c1cccc(F)c1F)N1CCc2nc(C3(c4cc(F)cc(F)c4)CC3)[nH]c(=O)c2C1. The summed E-state index contributed by atoms with van der Waals surface area (Å²) in [5, 5.41) is 10.3. The van der Waals surface area contributed by atoms with Gasteiger partial charge in [0.1, 0.15) is 17.5 Å². The summed E-state index contributed by atoms with van der Waals surface area (Å²) in [5.74, 6) is -4.49. The smallest absolute Gasteiger partial charge is 0.256 e. The van der Waals surface area contributed by atoms with Crippen molar-refractivity contribution in [2.45, 2.75) is 37.3 Å². The Kier molecular flexibility index (Phi) is 5.27. The molecule has 1 aromatic heterocycles. The lowest BCUT2D eigenvalue weighted by atomic mass is 9.94. The van der Waals surface area contributed by atoms with E-state index in [0.717, 1.165) is 18.2 Å². The van der Waals surface area contributed by atoms with E-state index in [2.05, 4.69) is 9.97 Å². The molecule has 0 spiro atoms. The second kappa shape index (κ2) is 8.05. The topological polar surface area (TPSA) is 86.3 Å². The lowest BCUT2D eigenvalue weighted by Gasteiger charge is -2.30. The van der Waals surface area contributed by atoms with Crippen LogP contribution in [0.4, 0.5) is 17.6 Å². The minimum Gasteiger partial charge on any atom is -0.378 e. The second-order valence-electron chi connectivity index (χ2n) is 8.64. The van der Waals surface area contributed by atoms with Crippen molar-refractivity contribution in [2.24, 2.45) is 0 Å². The Morgan fingerprint density at radius 3 is 2.50 bits per heavy atom. The molecule has 1 fully saturated rings. The maximum atomic E-state index is 14.0. The highest BCUT2D eigenvalue weighted by atomic mass is 19.2. The number of nitrogens with one attached hydrogen (secondary N) is 1. The highest BCUT2D eigenvalue weighted by molar-refractivity contribution is 5.82. The number of hydrogen-bond donors (Lipinski definition) is 2. The Morgan fingerprint density at radius 2 is 1.82 bits per heavy atom. The summed E-state index contributed by atoms with van der Waals surface area (Å²) in [6, 6.07) is 6.40. The number of aliphatic hydroxyl groups excluding tert-OH is 1. The molecule has 1 atom stereocenters. The van der Waals surface area contributed by atoms with Gasteiger partial charge in [0, 0.05) is 24.6 Å². The number of carbonyl (C=O) groups is 1. The zero-order chi connectivity index (χ0) is 24.2. The molecule has 176 valence electrons. The van der Waals surface area contributed by atoms with Gasteiger partial charge in [0.2, 0.25) is 0 Å². The van der Waals surface area contributed by atoms with Crippen LogP contribution in [0.15, 0.2) is 41.2 Å². The minimum absolute atomic E-state index is 0.0946. The van der Waals surface area contributed by atoms with E-state index in [9.17, 15) is 32.3 Å². The largest absolute Gasteiger partial charge is 0.378 e. The van der Waals surface area contributed by atoms with Gasteiger partial charge in [-0.05, 0) is 36.6 Å². The van der Waals surface area contributed by atoms with Gasteiger partial charge in [0.15, 0.2) is 17.7 Å². The van der Waals surface area contributed by atoms with Crippen LogP contribution in [0.25, 0.3) is 0 Å². The number of H-pyrrole nitrogens is 1. The summed E-state index contributed by atoms with van der Waals surface area (Å²) in [6.45, 7) is -0.0797. The maximum Gasteiger partial charge on any atom is 0.256 e. The molecule has 0 saturated heterocycles. The Morgan fingerprint density at radius 1 is 1.12 bits per heavy atom. The zero-order valence-electron chi connectivity index (χ0n) is 17.7. The standard InChI is InChI=1S/C24H19F4N3O3/c25-13-8-12(9-14(26)10-13)24(5-6-24)23-29-18-4-7-31(11-16(18)21(33)30-23)22(34)20(32)15-2-1-3-17(27)19(15)28/h1-3,8-10,20,32H,4-7,11H2,(H,29,30,33)/t20-/m1/s1. The van der Waals surface area contributed by atoms with Crippen LogP contribution in [0, 0.1) is 23.3 Å². The molecule has 10 heteroatoms. The van der Waals surface area contributed by atoms with Crippen molar-refractivity contribution >= 4 is 5.91 Å². The van der Waals surface area contributed by atoms with Crippen LogP contribution in [0.2, 0.25) is 0 Å². The molecule has 0 radical (unpaired) electrons. The van der Waals surface area contributed by atoms with Gasteiger partial charge in [0.05, 0.1) is 23.2 Å². The highest BCUT2D eigenvalue weighted by Crippen LogP contribution is 2.52. The third-order valence-corrected chi connectivity index (χ3v) is 6.51. The van der Waals surface area contributed by atoms with Crippen molar-refractivity contribution in [3.8, 4) is 0 Å². The van der Waals surface area contributed by atoms with Crippen LogP contribution in [0.5, 0.6) is 0 Å². The fraction of sp³-hybridized carbons (Fsp3) is 0.292. The molecule has 2 aromatic carbocycles. The molecule has 2 N–H and O–H groups in total. The van der Waals surface area contributed by atoms with E-state index in [1.807, 2.05) is 0 Å². The Bertz CT molecular complexity index is 1350. The number of aliphatic hydroxyl groups is 1. The molecule has 3 aromatic rings. The maximum absolute atomic E-state index is 14.0. The van der Waals surface area contributed by atoms with Gasteiger partial charge in [-0.25, -0.2) is 22.5 Å². The van der Waals surface area contributed by atoms with Crippen molar-refractivity contribution in [1.29, 1.82) is 0 Å². The molecular formula is C24H19F4N3O3. The summed E-state index contributed by atoms with van der Waals surface area (Å²) >= 11 is 0. The number of benzene rings is 2. The molecule has 6 nitrogen and oxygen atoms in total. The van der Waals surface area contributed by atoms with E-state index in [1.165, 1.54) is 23.1 Å². The summed E-state index contributed by atoms with van der Waals surface area (Å²) in [6.07, 6.45) is -0.619. The third kappa shape index (κ3) is 3.67. The van der Waals surface area contributed by atoms with E-state index in [0.29, 0.717) is 29.9 Å². The van der Waals surface area contributed by atoms with Crippen LogP contribution in [0.3, 0.4) is 0 Å². The molecular weight excluding hydrogens is 454 g/mol. The number of amides is 1. The van der Waals surface area contributed by atoms with Crippen molar-refractivity contribution in [1.82, 2.24) is 14.9 Å². The van der Waals surface area contributed by atoms with Crippen LogP contribution in [-0.2, 0) is 23.2 Å². The average Bonchev–Trinajstić information content (AvgIpc) is 3.61. The van der Waals surface area contributed by atoms with E-state index in [1.54, 1.807) is 0 Å². The van der Waals surface area contributed by atoms with Gasteiger partial charge in [-0.15, -0.1) is 0 Å². The first-order chi connectivity index (χ1) is 16.2. The molecule has 0 unspecified atom stereocenters. The van der Waals surface area contributed by atoms with E-state index in [-0.39, 0.29) is 25.1 Å². The number of carbonyl (C=O) groups excluding carboxylic acids is 1. The summed E-state index contributed by atoms with van der Waals surface area (Å²) in [5.41, 5.74) is -0.743. The fourth-order valence-corrected chi connectivity index (χ4v) is 4.49. The first-order valence-electron chi connectivity index (χ1n) is 10.7. The van der Waals surface area contributed by atoms with Crippen molar-refractivity contribution in [3.63, 3.8) is 0 Å². The van der Waals surface area contributed by atoms with Crippen LogP contribution >= 0.6 is 0 Å². The van der Waals surface area contributed by atoms with Gasteiger partial charge < -0.3 is 15.0 Å². The predicted octanol–water partition coefficient (Wildman–Crippen LogP) is 3.02. The summed E-state index contributed by atoms with van der Waals surface area (Å²) in [4.78, 5) is 34.1. The Labute approximate surface area is 190 Å².